The predicted octanol–water partition coefficient (Wildman–Crippen LogP) is 2.13. The maximum Gasteiger partial charge on any atom is 0.115 e. The number of phenols is 1. The topological polar surface area (TPSA) is 43.7 Å². The van der Waals surface area contributed by atoms with Crippen molar-refractivity contribution >= 4 is 0 Å². The van der Waals surface area contributed by atoms with Crippen LogP contribution in [0.25, 0.3) is 0 Å². The molecule has 0 spiro atoms. The summed E-state index contributed by atoms with van der Waals surface area (Å²) in [5, 5.41) is 18.9. The molecule has 1 aromatic rings. The van der Waals surface area contributed by atoms with E-state index >= 15 is 0 Å². The molecule has 1 heterocycles. The Kier molecular flexibility index (Phi) is 4.02. The van der Waals surface area contributed by atoms with E-state index < -0.39 is 0 Å². The Balaban J connectivity index is 1.97. The summed E-state index contributed by atoms with van der Waals surface area (Å²) in [7, 11) is 0. The SMILES string of the molecule is CC(O)CC1CCCN1Cc1cccc(O)c1. The van der Waals surface area contributed by atoms with Crippen molar-refractivity contribution in [3.05, 3.63) is 29.8 Å². The molecule has 0 saturated carbocycles. The van der Waals surface area contributed by atoms with Crippen molar-refractivity contribution in [2.45, 2.75) is 44.9 Å². The summed E-state index contributed by atoms with van der Waals surface area (Å²) in [6.07, 6.45) is 2.99. The fourth-order valence-corrected chi connectivity index (χ4v) is 2.65. The molecule has 0 bridgehead atoms. The third-order valence-electron chi connectivity index (χ3n) is 3.41. The van der Waals surface area contributed by atoms with Gasteiger partial charge >= 0.3 is 0 Å². The lowest BCUT2D eigenvalue weighted by Gasteiger charge is -2.25. The van der Waals surface area contributed by atoms with Crippen LogP contribution in [-0.2, 0) is 6.54 Å². The third kappa shape index (κ3) is 3.45. The Labute approximate surface area is 103 Å². The Bertz CT molecular complexity index is 365. The van der Waals surface area contributed by atoms with Crippen molar-refractivity contribution in [1.29, 1.82) is 0 Å². The number of benzene rings is 1. The van der Waals surface area contributed by atoms with Gasteiger partial charge in [0.1, 0.15) is 5.75 Å². The van der Waals surface area contributed by atoms with Gasteiger partial charge in [-0.25, -0.2) is 0 Å². The number of hydrogen-bond acceptors (Lipinski definition) is 3. The highest BCUT2D eigenvalue weighted by atomic mass is 16.3. The Morgan fingerprint density at radius 2 is 2.29 bits per heavy atom. The van der Waals surface area contributed by atoms with E-state index in [1.54, 1.807) is 6.07 Å². The second-order valence-corrected chi connectivity index (χ2v) is 5.02. The van der Waals surface area contributed by atoms with Crippen LogP contribution >= 0.6 is 0 Å². The predicted molar refractivity (Wildman–Crippen MR) is 67.8 cm³/mol. The molecule has 3 nitrogen and oxygen atoms in total. The molecule has 1 aromatic carbocycles. The summed E-state index contributed by atoms with van der Waals surface area (Å²) in [5.74, 6) is 0.328. The highest BCUT2D eigenvalue weighted by molar-refractivity contribution is 5.27. The van der Waals surface area contributed by atoms with Crippen LogP contribution in [0.15, 0.2) is 24.3 Å². The minimum atomic E-state index is -0.232. The standard InChI is InChI=1S/C14H21NO2/c1-11(16)8-13-5-3-7-15(13)10-12-4-2-6-14(17)9-12/h2,4,6,9,11,13,16-17H,3,5,7-8,10H2,1H3. The largest absolute Gasteiger partial charge is 0.508 e. The van der Waals surface area contributed by atoms with Crippen molar-refractivity contribution in [3.8, 4) is 5.75 Å². The van der Waals surface area contributed by atoms with Crippen LogP contribution < -0.4 is 0 Å². The zero-order valence-corrected chi connectivity index (χ0v) is 10.3. The van der Waals surface area contributed by atoms with Gasteiger partial charge in [-0.15, -0.1) is 0 Å². The van der Waals surface area contributed by atoms with E-state index in [0.717, 1.165) is 25.1 Å². The molecule has 1 saturated heterocycles. The van der Waals surface area contributed by atoms with Crippen LogP contribution in [-0.4, -0.2) is 33.8 Å². The van der Waals surface area contributed by atoms with E-state index in [1.165, 1.54) is 12.8 Å². The Morgan fingerprint density at radius 1 is 1.47 bits per heavy atom. The number of hydrogen-bond donors (Lipinski definition) is 2. The molecular formula is C14H21NO2. The van der Waals surface area contributed by atoms with Crippen molar-refractivity contribution in [3.63, 3.8) is 0 Å². The first-order chi connectivity index (χ1) is 8.15. The van der Waals surface area contributed by atoms with Gasteiger partial charge in [-0.3, -0.25) is 4.90 Å². The summed E-state index contributed by atoms with van der Waals surface area (Å²) < 4.78 is 0. The lowest BCUT2D eigenvalue weighted by atomic mass is 10.1. The summed E-state index contributed by atoms with van der Waals surface area (Å²) in [6.45, 7) is 3.81. The van der Waals surface area contributed by atoms with Gasteiger partial charge in [-0.2, -0.15) is 0 Å². The second-order valence-electron chi connectivity index (χ2n) is 5.02. The molecule has 1 aliphatic rings. The lowest BCUT2D eigenvalue weighted by Crippen LogP contribution is -2.31. The van der Waals surface area contributed by atoms with E-state index in [-0.39, 0.29) is 6.10 Å². The molecule has 2 rings (SSSR count). The van der Waals surface area contributed by atoms with Crippen LogP contribution in [0.4, 0.5) is 0 Å². The smallest absolute Gasteiger partial charge is 0.115 e. The molecule has 1 fully saturated rings. The van der Waals surface area contributed by atoms with Crippen LogP contribution in [0.3, 0.4) is 0 Å². The lowest BCUT2D eigenvalue weighted by molar-refractivity contribution is 0.130. The van der Waals surface area contributed by atoms with E-state index in [4.69, 9.17) is 0 Å². The van der Waals surface area contributed by atoms with Crippen molar-refractivity contribution in [2.75, 3.05) is 6.54 Å². The zero-order valence-electron chi connectivity index (χ0n) is 10.3. The molecule has 2 atom stereocenters. The van der Waals surface area contributed by atoms with Crippen LogP contribution in [0, 0.1) is 0 Å². The average molecular weight is 235 g/mol. The highest BCUT2D eigenvalue weighted by Gasteiger charge is 2.25. The van der Waals surface area contributed by atoms with Crippen LogP contribution in [0.2, 0.25) is 0 Å². The van der Waals surface area contributed by atoms with E-state index in [9.17, 15) is 10.2 Å². The average Bonchev–Trinajstić information content (AvgIpc) is 2.65. The molecule has 0 radical (unpaired) electrons. The fraction of sp³-hybridized carbons (Fsp3) is 0.571. The summed E-state index contributed by atoms with van der Waals surface area (Å²) in [6, 6.07) is 7.91. The monoisotopic (exact) mass is 235 g/mol. The normalized spacial score (nSPS) is 22.8. The van der Waals surface area contributed by atoms with Gasteiger partial charge in [0.05, 0.1) is 6.10 Å². The number of aliphatic hydroxyl groups excluding tert-OH is 1. The molecule has 1 aliphatic heterocycles. The number of aromatic hydroxyl groups is 1. The molecule has 0 amide bonds. The van der Waals surface area contributed by atoms with Gasteiger partial charge in [0.2, 0.25) is 0 Å². The number of aliphatic hydroxyl groups is 1. The highest BCUT2D eigenvalue weighted by Crippen LogP contribution is 2.24. The zero-order chi connectivity index (χ0) is 12.3. The number of likely N-dealkylation sites (tertiary alicyclic amines) is 1. The van der Waals surface area contributed by atoms with Crippen molar-refractivity contribution in [1.82, 2.24) is 4.90 Å². The van der Waals surface area contributed by atoms with Gasteiger partial charge in [0.25, 0.3) is 0 Å². The number of phenolic OH excluding ortho intramolecular Hbond substituents is 1. The van der Waals surface area contributed by atoms with Gasteiger partial charge < -0.3 is 10.2 Å². The number of nitrogens with zero attached hydrogens (tertiary/aromatic N) is 1. The first-order valence-electron chi connectivity index (χ1n) is 6.35. The van der Waals surface area contributed by atoms with Gasteiger partial charge in [-0.1, -0.05) is 12.1 Å². The van der Waals surface area contributed by atoms with E-state index in [0.29, 0.717) is 11.8 Å². The quantitative estimate of drug-likeness (QED) is 0.840. The first-order valence-corrected chi connectivity index (χ1v) is 6.35. The second kappa shape index (κ2) is 5.52. The van der Waals surface area contributed by atoms with E-state index in [1.807, 2.05) is 25.1 Å². The Morgan fingerprint density at radius 3 is 3.00 bits per heavy atom. The molecule has 2 N–H and O–H groups in total. The van der Waals surface area contributed by atoms with Crippen LogP contribution in [0.5, 0.6) is 5.75 Å². The van der Waals surface area contributed by atoms with Gasteiger partial charge in [0.15, 0.2) is 0 Å². The van der Waals surface area contributed by atoms with E-state index in [2.05, 4.69) is 4.90 Å². The summed E-state index contributed by atoms with van der Waals surface area (Å²) in [5.41, 5.74) is 1.14. The fourth-order valence-electron chi connectivity index (χ4n) is 2.65. The maximum absolute atomic E-state index is 9.47. The van der Waals surface area contributed by atoms with Crippen molar-refractivity contribution < 1.29 is 10.2 Å². The minimum Gasteiger partial charge on any atom is -0.508 e. The summed E-state index contributed by atoms with van der Waals surface area (Å²) >= 11 is 0. The molecular weight excluding hydrogens is 214 g/mol. The Hall–Kier alpha value is -1.06. The summed E-state index contributed by atoms with van der Waals surface area (Å²) in [4.78, 5) is 2.40. The molecule has 94 valence electrons. The van der Waals surface area contributed by atoms with Gasteiger partial charge in [0, 0.05) is 12.6 Å². The molecule has 0 aromatic heterocycles. The third-order valence-corrected chi connectivity index (χ3v) is 3.41. The molecule has 0 aliphatic carbocycles. The van der Waals surface area contributed by atoms with Crippen molar-refractivity contribution in [2.24, 2.45) is 0 Å². The first kappa shape index (κ1) is 12.4. The molecule has 17 heavy (non-hydrogen) atoms. The van der Waals surface area contributed by atoms with Gasteiger partial charge in [-0.05, 0) is 50.4 Å². The minimum absolute atomic E-state index is 0.232. The maximum atomic E-state index is 9.47. The molecule has 3 heteroatoms. The molecule has 2 unspecified atom stereocenters. The van der Waals surface area contributed by atoms with Crippen LogP contribution in [0.1, 0.15) is 31.7 Å². The number of rotatable bonds is 4.